The Morgan fingerprint density at radius 2 is 1.91 bits per heavy atom. The van der Waals surface area contributed by atoms with Gasteiger partial charge in [-0.1, -0.05) is 6.07 Å². The first-order valence-corrected chi connectivity index (χ1v) is 6.67. The molecule has 5 nitrogen and oxygen atoms in total. The van der Waals surface area contributed by atoms with Crippen molar-refractivity contribution in [3.05, 3.63) is 59.4 Å². The van der Waals surface area contributed by atoms with Crippen LogP contribution in [0.5, 0.6) is 0 Å². The highest BCUT2D eigenvalue weighted by atomic mass is 19.1. The van der Waals surface area contributed by atoms with Crippen LogP contribution in [0.2, 0.25) is 0 Å². The minimum Gasteiger partial charge on any atom is -0.325 e. The van der Waals surface area contributed by atoms with Crippen molar-refractivity contribution in [3.63, 3.8) is 0 Å². The second-order valence-corrected chi connectivity index (χ2v) is 4.75. The molecule has 0 aliphatic heterocycles. The minimum absolute atomic E-state index is 0.100. The summed E-state index contributed by atoms with van der Waals surface area (Å²) in [5, 5.41) is 5.33. The van der Waals surface area contributed by atoms with Gasteiger partial charge in [0.1, 0.15) is 5.82 Å². The van der Waals surface area contributed by atoms with E-state index in [1.165, 1.54) is 24.3 Å². The third-order valence-electron chi connectivity index (χ3n) is 3.03. The molecule has 2 aromatic rings. The summed E-state index contributed by atoms with van der Waals surface area (Å²) in [5.41, 5.74) is 7.41. The van der Waals surface area contributed by atoms with Crippen molar-refractivity contribution in [3.8, 4) is 0 Å². The number of nitrogens with one attached hydrogen (secondary N) is 2. The van der Waals surface area contributed by atoms with E-state index in [9.17, 15) is 14.0 Å². The maximum absolute atomic E-state index is 13.1. The van der Waals surface area contributed by atoms with E-state index < -0.39 is 11.7 Å². The van der Waals surface area contributed by atoms with Crippen molar-refractivity contribution in [1.29, 1.82) is 0 Å². The van der Waals surface area contributed by atoms with Crippen LogP contribution in [0.4, 0.5) is 15.8 Å². The van der Waals surface area contributed by atoms with E-state index in [0.29, 0.717) is 11.4 Å². The zero-order valence-corrected chi connectivity index (χ0v) is 12.0. The van der Waals surface area contributed by atoms with Crippen LogP contribution in [0.25, 0.3) is 0 Å². The molecule has 4 N–H and O–H groups in total. The van der Waals surface area contributed by atoms with Gasteiger partial charge in [0.25, 0.3) is 5.91 Å². The van der Waals surface area contributed by atoms with Crippen LogP contribution in [0.3, 0.4) is 0 Å². The van der Waals surface area contributed by atoms with Crippen LogP contribution in [0.1, 0.15) is 15.9 Å². The summed E-state index contributed by atoms with van der Waals surface area (Å²) in [6.45, 7) is 1.69. The highest BCUT2D eigenvalue weighted by Gasteiger charge is 2.09. The van der Waals surface area contributed by atoms with Crippen LogP contribution in [-0.4, -0.2) is 18.4 Å². The fourth-order valence-corrected chi connectivity index (χ4v) is 1.92. The van der Waals surface area contributed by atoms with Gasteiger partial charge in [-0.25, -0.2) is 4.39 Å². The molecule has 114 valence electrons. The fraction of sp³-hybridized carbons (Fsp3) is 0.125. The van der Waals surface area contributed by atoms with Crippen molar-refractivity contribution < 1.29 is 14.0 Å². The van der Waals surface area contributed by atoms with E-state index in [0.717, 1.165) is 5.56 Å². The number of nitrogens with two attached hydrogens (primary N) is 1. The molecule has 2 aromatic carbocycles. The molecule has 0 aliphatic rings. The molecule has 0 unspecified atom stereocenters. The van der Waals surface area contributed by atoms with Crippen molar-refractivity contribution in [1.82, 2.24) is 0 Å². The number of anilines is 2. The molecule has 0 bridgehead atoms. The number of hydrogen-bond donors (Lipinski definition) is 3. The zero-order valence-electron chi connectivity index (χ0n) is 12.0. The van der Waals surface area contributed by atoms with Crippen LogP contribution < -0.4 is 16.4 Å². The number of aryl methyl sites for hydroxylation is 1. The maximum Gasteiger partial charge on any atom is 0.255 e. The quantitative estimate of drug-likeness (QED) is 0.810. The monoisotopic (exact) mass is 301 g/mol. The molecule has 0 atom stereocenters. The zero-order chi connectivity index (χ0) is 16.1. The SMILES string of the molecule is Cc1cc(NC(=O)CN)ccc1NC(=O)c1cccc(F)c1. The fourth-order valence-electron chi connectivity index (χ4n) is 1.92. The first-order valence-electron chi connectivity index (χ1n) is 6.67. The standard InChI is InChI=1S/C16H16FN3O2/c1-10-7-13(19-15(21)9-18)5-6-14(10)20-16(22)11-3-2-4-12(17)8-11/h2-8H,9,18H2,1H3,(H,19,21)(H,20,22). The van der Waals surface area contributed by atoms with Gasteiger partial charge in [-0.3, -0.25) is 9.59 Å². The Morgan fingerprint density at radius 3 is 2.55 bits per heavy atom. The molecule has 22 heavy (non-hydrogen) atoms. The number of halogens is 1. The number of carbonyl (C=O) groups excluding carboxylic acids is 2. The largest absolute Gasteiger partial charge is 0.325 e. The summed E-state index contributed by atoms with van der Waals surface area (Å²) >= 11 is 0. The molecule has 0 spiro atoms. The lowest BCUT2D eigenvalue weighted by atomic mass is 10.1. The van der Waals surface area contributed by atoms with Gasteiger partial charge in [-0.2, -0.15) is 0 Å². The minimum atomic E-state index is -0.468. The molecule has 2 amide bonds. The summed E-state index contributed by atoms with van der Waals surface area (Å²) in [6.07, 6.45) is 0. The van der Waals surface area contributed by atoms with E-state index in [1.807, 2.05) is 0 Å². The highest BCUT2D eigenvalue weighted by molar-refractivity contribution is 6.04. The van der Waals surface area contributed by atoms with E-state index in [4.69, 9.17) is 5.73 Å². The Kier molecular flexibility index (Phi) is 4.85. The number of rotatable bonds is 4. The van der Waals surface area contributed by atoms with Gasteiger partial charge in [0.2, 0.25) is 5.91 Å². The second kappa shape index (κ2) is 6.82. The first-order chi connectivity index (χ1) is 10.5. The van der Waals surface area contributed by atoms with E-state index in [2.05, 4.69) is 10.6 Å². The summed E-state index contributed by atoms with van der Waals surface area (Å²) in [6, 6.07) is 10.5. The molecule has 0 radical (unpaired) electrons. The second-order valence-electron chi connectivity index (χ2n) is 4.75. The Labute approximate surface area is 127 Å². The lowest BCUT2D eigenvalue weighted by Crippen LogP contribution is -2.22. The van der Waals surface area contributed by atoms with Gasteiger partial charge in [0.15, 0.2) is 0 Å². The Hall–Kier alpha value is -2.73. The normalized spacial score (nSPS) is 10.1. The van der Waals surface area contributed by atoms with Crippen LogP contribution in [0, 0.1) is 12.7 Å². The third-order valence-corrected chi connectivity index (χ3v) is 3.03. The van der Waals surface area contributed by atoms with Crippen LogP contribution in [0.15, 0.2) is 42.5 Å². The van der Waals surface area contributed by atoms with Crippen LogP contribution >= 0.6 is 0 Å². The number of benzene rings is 2. The van der Waals surface area contributed by atoms with Gasteiger partial charge in [-0.05, 0) is 48.9 Å². The summed E-state index contributed by atoms with van der Waals surface area (Å²) < 4.78 is 13.1. The topological polar surface area (TPSA) is 84.2 Å². The summed E-state index contributed by atoms with van der Waals surface area (Å²) in [7, 11) is 0. The first kappa shape index (κ1) is 15.7. The lowest BCUT2D eigenvalue weighted by Gasteiger charge is -2.11. The van der Waals surface area contributed by atoms with Crippen molar-refractivity contribution in [2.24, 2.45) is 5.73 Å². The Bertz CT molecular complexity index is 716. The van der Waals surface area contributed by atoms with Crippen LogP contribution in [-0.2, 0) is 4.79 Å². The lowest BCUT2D eigenvalue weighted by molar-refractivity contribution is -0.114. The molecule has 0 aliphatic carbocycles. The molecular weight excluding hydrogens is 285 g/mol. The van der Waals surface area contributed by atoms with Gasteiger partial charge >= 0.3 is 0 Å². The smallest absolute Gasteiger partial charge is 0.255 e. The molecule has 6 heteroatoms. The number of hydrogen-bond acceptors (Lipinski definition) is 3. The van der Waals surface area contributed by atoms with Crippen molar-refractivity contribution in [2.45, 2.75) is 6.92 Å². The third kappa shape index (κ3) is 3.89. The predicted molar refractivity (Wildman–Crippen MR) is 83.2 cm³/mol. The number of amides is 2. The summed E-state index contributed by atoms with van der Waals surface area (Å²) in [4.78, 5) is 23.3. The van der Waals surface area contributed by atoms with Gasteiger partial charge in [0, 0.05) is 16.9 Å². The molecule has 0 saturated heterocycles. The van der Waals surface area contributed by atoms with E-state index >= 15 is 0 Å². The van der Waals surface area contributed by atoms with Gasteiger partial charge < -0.3 is 16.4 Å². The molecule has 2 rings (SSSR count). The Morgan fingerprint density at radius 1 is 1.14 bits per heavy atom. The van der Waals surface area contributed by atoms with Crippen molar-refractivity contribution >= 4 is 23.2 Å². The molecular formula is C16H16FN3O2. The Balaban J connectivity index is 2.13. The average molecular weight is 301 g/mol. The highest BCUT2D eigenvalue weighted by Crippen LogP contribution is 2.20. The summed E-state index contributed by atoms with van der Waals surface area (Å²) in [5.74, 6) is -1.17. The molecule has 0 saturated carbocycles. The van der Waals surface area contributed by atoms with Gasteiger partial charge in [-0.15, -0.1) is 0 Å². The molecule has 0 heterocycles. The van der Waals surface area contributed by atoms with E-state index in [-0.39, 0.29) is 18.0 Å². The van der Waals surface area contributed by atoms with E-state index in [1.54, 1.807) is 25.1 Å². The average Bonchev–Trinajstić information content (AvgIpc) is 2.49. The van der Waals surface area contributed by atoms with Crippen molar-refractivity contribution in [2.75, 3.05) is 17.2 Å². The molecule has 0 fully saturated rings. The molecule has 0 aromatic heterocycles. The maximum atomic E-state index is 13.1. The number of carbonyl (C=O) groups is 2. The predicted octanol–water partition coefficient (Wildman–Crippen LogP) is 2.28. The van der Waals surface area contributed by atoms with Gasteiger partial charge in [0.05, 0.1) is 6.54 Å².